The number of hydrogen-bond donors (Lipinski definition) is 0. The van der Waals surface area contributed by atoms with E-state index in [1.54, 1.807) is 18.1 Å². The molecule has 0 radical (unpaired) electrons. The molecule has 1 amide bonds. The first-order chi connectivity index (χ1) is 10.2. The van der Waals surface area contributed by atoms with E-state index in [1.807, 2.05) is 19.1 Å². The molecular formula is C15H19N3O3. The molecule has 2 aromatic heterocycles. The van der Waals surface area contributed by atoms with E-state index in [2.05, 4.69) is 10.1 Å². The van der Waals surface area contributed by atoms with Crippen molar-refractivity contribution in [2.24, 2.45) is 0 Å². The van der Waals surface area contributed by atoms with Gasteiger partial charge in [-0.05, 0) is 25.5 Å². The van der Waals surface area contributed by atoms with Crippen molar-refractivity contribution in [1.82, 2.24) is 15.0 Å². The van der Waals surface area contributed by atoms with Gasteiger partial charge in [0.1, 0.15) is 5.76 Å². The van der Waals surface area contributed by atoms with Crippen LogP contribution < -0.4 is 0 Å². The zero-order valence-corrected chi connectivity index (χ0v) is 12.3. The van der Waals surface area contributed by atoms with Gasteiger partial charge in [0.15, 0.2) is 5.82 Å². The van der Waals surface area contributed by atoms with Crippen molar-refractivity contribution >= 4 is 5.91 Å². The van der Waals surface area contributed by atoms with E-state index >= 15 is 0 Å². The summed E-state index contributed by atoms with van der Waals surface area (Å²) in [5, 5.41) is 4.00. The van der Waals surface area contributed by atoms with E-state index in [4.69, 9.17) is 8.94 Å². The third-order valence-corrected chi connectivity index (χ3v) is 3.93. The van der Waals surface area contributed by atoms with Crippen LogP contribution in [0.5, 0.6) is 0 Å². The monoisotopic (exact) mass is 289 g/mol. The summed E-state index contributed by atoms with van der Waals surface area (Å²) in [6.45, 7) is 4.85. The first-order valence-corrected chi connectivity index (χ1v) is 7.30. The molecule has 21 heavy (non-hydrogen) atoms. The molecule has 0 spiro atoms. The van der Waals surface area contributed by atoms with Gasteiger partial charge in [0.25, 0.3) is 0 Å². The number of furan rings is 1. The number of carbonyl (C=O) groups is 1. The molecule has 1 aliphatic carbocycles. The van der Waals surface area contributed by atoms with E-state index < -0.39 is 0 Å². The zero-order chi connectivity index (χ0) is 14.8. The van der Waals surface area contributed by atoms with E-state index in [1.165, 1.54) is 0 Å². The number of likely N-dealkylation sites (N-methyl/N-ethyl adjacent to an activating group) is 1. The van der Waals surface area contributed by atoms with Crippen LogP contribution in [0, 0.1) is 0 Å². The molecule has 1 saturated carbocycles. The molecule has 0 aliphatic heterocycles. The average molecular weight is 289 g/mol. The maximum Gasteiger partial charge on any atom is 0.230 e. The number of aromatic nitrogens is 2. The first-order valence-electron chi connectivity index (χ1n) is 7.30. The molecule has 2 atom stereocenters. The maximum atomic E-state index is 11.3. The fourth-order valence-corrected chi connectivity index (χ4v) is 2.58. The Kier molecular flexibility index (Phi) is 3.77. The van der Waals surface area contributed by atoms with Gasteiger partial charge in [-0.3, -0.25) is 4.79 Å². The third-order valence-electron chi connectivity index (χ3n) is 3.93. The molecule has 0 bridgehead atoms. The molecule has 6 nitrogen and oxygen atoms in total. The molecule has 0 N–H and O–H groups in total. The van der Waals surface area contributed by atoms with Gasteiger partial charge in [-0.1, -0.05) is 5.16 Å². The van der Waals surface area contributed by atoms with Crippen molar-refractivity contribution in [3.05, 3.63) is 35.9 Å². The molecule has 0 aromatic carbocycles. The molecular weight excluding hydrogens is 270 g/mol. The first kappa shape index (κ1) is 13.9. The SMILES string of the molecule is CCN(CCc1noc([C@H]2C[C@H]2c2ccco2)n1)C(C)=O. The van der Waals surface area contributed by atoms with E-state index in [0.29, 0.717) is 37.1 Å². The Morgan fingerprint density at radius 2 is 2.33 bits per heavy atom. The lowest BCUT2D eigenvalue weighted by molar-refractivity contribution is -0.128. The van der Waals surface area contributed by atoms with Gasteiger partial charge < -0.3 is 13.8 Å². The molecule has 1 aliphatic rings. The van der Waals surface area contributed by atoms with Crippen LogP contribution in [0.1, 0.15) is 49.6 Å². The van der Waals surface area contributed by atoms with Crippen LogP contribution in [0.25, 0.3) is 0 Å². The van der Waals surface area contributed by atoms with E-state index in [0.717, 1.165) is 12.2 Å². The van der Waals surface area contributed by atoms with E-state index in [-0.39, 0.29) is 11.8 Å². The van der Waals surface area contributed by atoms with Gasteiger partial charge in [0.05, 0.1) is 6.26 Å². The minimum Gasteiger partial charge on any atom is -0.469 e. The third kappa shape index (κ3) is 2.99. The van der Waals surface area contributed by atoms with Gasteiger partial charge in [-0.25, -0.2) is 0 Å². The molecule has 2 aromatic rings. The molecule has 6 heteroatoms. The molecule has 0 saturated heterocycles. The summed E-state index contributed by atoms with van der Waals surface area (Å²) in [6.07, 6.45) is 3.30. The zero-order valence-electron chi connectivity index (χ0n) is 12.3. The largest absolute Gasteiger partial charge is 0.469 e. The van der Waals surface area contributed by atoms with Gasteiger partial charge >= 0.3 is 0 Å². The Balaban J connectivity index is 1.56. The molecule has 112 valence electrons. The van der Waals surface area contributed by atoms with E-state index in [9.17, 15) is 4.79 Å². The van der Waals surface area contributed by atoms with Crippen molar-refractivity contribution in [3.63, 3.8) is 0 Å². The predicted molar refractivity (Wildman–Crippen MR) is 74.7 cm³/mol. The summed E-state index contributed by atoms with van der Waals surface area (Å²) < 4.78 is 10.7. The number of carbonyl (C=O) groups excluding carboxylic acids is 1. The minimum absolute atomic E-state index is 0.0706. The van der Waals surface area contributed by atoms with Crippen LogP contribution in [0.3, 0.4) is 0 Å². The van der Waals surface area contributed by atoms with Gasteiger partial charge in [-0.15, -0.1) is 0 Å². The normalized spacial score (nSPS) is 20.5. The van der Waals surface area contributed by atoms with Crippen LogP contribution in [0.15, 0.2) is 27.3 Å². The minimum atomic E-state index is 0.0706. The van der Waals surface area contributed by atoms with Crippen LogP contribution in [0.4, 0.5) is 0 Å². The van der Waals surface area contributed by atoms with Gasteiger partial charge in [0.2, 0.25) is 11.8 Å². The Labute approximate surface area is 123 Å². The summed E-state index contributed by atoms with van der Waals surface area (Å²) >= 11 is 0. The lowest BCUT2D eigenvalue weighted by Gasteiger charge is -2.17. The van der Waals surface area contributed by atoms with Crippen molar-refractivity contribution in [2.45, 2.75) is 38.5 Å². The highest BCUT2D eigenvalue weighted by Gasteiger charge is 2.45. The Hall–Kier alpha value is -2.11. The lowest BCUT2D eigenvalue weighted by Crippen LogP contribution is -2.30. The van der Waals surface area contributed by atoms with Crippen LogP contribution in [-0.2, 0) is 11.2 Å². The van der Waals surface area contributed by atoms with Crippen molar-refractivity contribution in [1.29, 1.82) is 0 Å². The Morgan fingerprint density at radius 3 is 3.00 bits per heavy atom. The molecule has 2 heterocycles. The fourth-order valence-electron chi connectivity index (χ4n) is 2.58. The highest BCUT2D eigenvalue weighted by molar-refractivity contribution is 5.73. The van der Waals surface area contributed by atoms with Crippen LogP contribution in [-0.4, -0.2) is 34.0 Å². The molecule has 3 rings (SSSR count). The van der Waals surface area contributed by atoms with Crippen LogP contribution in [0.2, 0.25) is 0 Å². The van der Waals surface area contributed by atoms with Gasteiger partial charge in [0, 0.05) is 38.3 Å². The summed E-state index contributed by atoms with van der Waals surface area (Å²) in [5.74, 6) is 3.02. The second kappa shape index (κ2) is 5.71. The predicted octanol–water partition coefficient (Wildman–Crippen LogP) is 2.34. The number of nitrogens with zero attached hydrogens (tertiary/aromatic N) is 3. The summed E-state index contributed by atoms with van der Waals surface area (Å²) in [5.41, 5.74) is 0. The Bertz CT molecular complexity index is 605. The number of hydrogen-bond acceptors (Lipinski definition) is 5. The fraction of sp³-hybridized carbons (Fsp3) is 0.533. The standard InChI is InChI=1S/C15H19N3O3/c1-3-18(10(2)19)7-6-14-16-15(21-17-14)12-9-11(12)13-5-4-8-20-13/h4-5,8,11-12H,3,6-7,9H2,1-2H3/t11-,12+/m1/s1. The van der Waals surface area contributed by atoms with Crippen LogP contribution >= 0.6 is 0 Å². The second-order valence-corrected chi connectivity index (χ2v) is 5.36. The highest BCUT2D eigenvalue weighted by Crippen LogP contribution is 2.54. The summed E-state index contributed by atoms with van der Waals surface area (Å²) in [4.78, 5) is 17.5. The lowest BCUT2D eigenvalue weighted by atomic mass is 10.2. The molecule has 0 unspecified atom stereocenters. The maximum absolute atomic E-state index is 11.3. The number of rotatable bonds is 6. The second-order valence-electron chi connectivity index (χ2n) is 5.36. The summed E-state index contributed by atoms with van der Waals surface area (Å²) in [7, 11) is 0. The highest BCUT2D eigenvalue weighted by atomic mass is 16.5. The number of amides is 1. The topological polar surface area (TPSA) is 72.4 Å². The quantitative estimate of drug-likeness (QED) is 0.816. The van der Waals surface area contributed by atoms with Gasteiger partial charge in [-0.2, -0.15) is 4.98 Å². The molecule has 1 fully saturated rings. The Morgan fingerprint density at radius 1 is 1.48 bits per heavy atom. The summed E-state index contributed by atoms with van der Waals surface area (Å²) in [6, 6.07) is 3.87. The van der Waals surface area contributed by atoms with Crippen molar-refractivity contribution in [2.75, 3.05) is 13.1 Å². The van der Waals surface area contributed by atoms with Crippen molar-refractivity contribution < 1.29 is 13.7 Å². The van der Waals surface area contributed by atoms with Crippen molar-refractivity contribution in [3.8, 4) is 0 Å². The smallest absolute Gasteiger partial charge is 0.230 e. The average Bonchev–Trinajstić information content (AvgIpc) is 2.92.